The summed E-state index contributed by atoms with van der Waals surface area (Å²) in [7, 11) is 0. The van der Waals surface area contributed by atoms with Crippen LogP contribution in [0.3, 0.4) is 0 Å². The smallest absolute Gasteiger partial charge is 0.280 e. The van der Waals surface area contributed by atoms with Gasteiger partial charge in [-0.1, -0.05) is 36.4 Å². The number of thioether (sulfide) groups is 1. The number of anilines is 1. The number of aryl methyl sites for hydroxylation is 3. The number of fused-ring (bicyclic) bond motifs is 1. The molecule has 2 heterocycles. The molecule has 0 unspecified atom stereocenters. The van der Waals surface area contributed by atoms with E-state index in [-0.39, 0.29) is 17.2 Å². The normalized spacial score (nSPS) is 11.2. The summed E-state index contributed by atoms with van der Waals surface area (Å²) >= 11 is 7.27. The summed E-state index contributed by atoms with van der Waals surface area (Å²) in [5, 5.41) is 8.38. The fourth-order valence-electron chi connectivity index (χ4n) is 3.09. The maximum Gasteiger partial charge on any atom is 0.280 e. The predicted molar refractivity (Wildman–Crippen MR) is 118 cm³/mol. The van der Waals surface area contributed by atoms with Gasteiger partial charge in [0.2, 0.25) is 5.91 Å². The molecular formula is C20H24ClN5O2S. The molecule has 1 aromatic carbocycles. The summed E-state index contributed by atoms with van der Waals surface area (Å²) < 4.78 is 3.33. The highest BCUT2D eigenvalue weighted by molar-refractivity contribution is 7.99. The number of rotatable bonds is 7. The van der Waals surface area contributed by atoms with Gasteiger partial charge >= 0.3 is 0 Å². The molecular weight excluding hydrogens is 410 g/mol. The van der Waals surface area contributed by atoms with Crippen molar-refractivity contribution in [1.29, 1.82) is 0 Å². The van der Waals surface area contributed by atoms with Gasteiger partial charge in [0.25, 0.3) is 5.56 Å². The molecule has 0 fully saturated rings. The van der Waals surface area contributed by atoms with E-state index < -0.39 is 0 Å². The van der Waals surface area contributed by atoms with Crippen LogP contribution in [0.2, 0.25) is 5.02 Å². The zero-order chi connectivity index (χ0) is 21.1. The Bertz CT molecular complexity index is 1120. The highest BCUT2D eigenvalue weighted by Gasteiger charge is 2.18. The van der Waals surface area contributed by atoms with Crippen LogP contribution in [0.5, 0.6) is 0 Å². The Morgan fingerprint density at radius 1 is 1.28 bits per heavy atom. The molecule has 0 aliphatic rings. The van der Waals surface area contributed by atoms with E-state index in [9.17, 15) is 9.59 Å². The van der Waals surface area contributed by atoms with Crippen molar-refractivity contribution in [3.63, 3.8) is 0 Å². The average molecular weight is 434 g/mol. The Hall–Kier alpha value is -2.32. The van der Waals surface area contributed by atoms with E-state index in [2.05, 4.69) is 15.4 Å². The molecule has 2 aromatic heterocycles. The molecule has 9 heteroatoms. The van der Waals surface area contributed by atoms with Gasteiger partial charge in [-0.25, -0.2) is 4.98 Å². The van der Waals surface area contributed by atoms with Crippen molar-refractivity contribution >= 4 is 46.0 Å². The van der Waals surface area contributed by atoms with Gasteiger partial charge in [0.05, 0.1) is 11.4 Å². The van der Waals surface area contributed by atoms with Crippen molar-refractivity contribution in [3.8, 4) is 0 Å². The van der Waals surface area contributed by atoms with Crippen molar-refractivity contribution < 1.29 is 4.79 Å². The molecule has 3 aromatic rings. The van der Waals surface area contributed by atoms with Crippen LogP contribution < -0.4 is 10.9 Å². The number of nitrogens with zero attached hydrogens (tertiary/aromatic N) is 4. The van der Waals surface area contributed by atoms with E-state index >= 15 is 0 Å². The van der Waals surface area contributed by atoms with E-state index in [4.69, 9.17) is 11.6 Å². The molecule has 0 saturated carbocycles. The number of benzene rings is 1. The number of hydrogen-bond acceptors (Lipinski definition) is 5. The lowest BCUT2D eigenvalue weighted by molar-refractivity contribution is -0.113. The van der Waals surface area contributed by atoms with Gasteiger partial charge in [-0.15, -0.1) is 0 Å². The lowest BCUT2D eigenvalue weighted by atomic mass is 10.2. The topological polar surface area (TPSA) is 81.8 Å². The molecule has 0 saturated heterocycles. The summed E-state index contributed by atoms with van der Waals surface area (Å²) in [4.78, 5) is 30.2. The summed E-state index contributed by atoms with van der Waals surface area (Å²) in [5.41, 5.74) is 3.31. The fraction of sp³-hybridized carbons (Fsp3) is 0.400. The molecule has 7 nitrogen and oxygen atoms in total. The molecule has 3 rings (SSSR count). The summed E-state index contributed by atoms with van der Waals surface area (Å²) in [5.74, 6) is -0.0482. The summed E-state index contributed by atoms with van der Waals surface area (Å²) in [6.45, 7) is 8.83. The summed E-state index contributed by atoms with van der Waals surface area (Å²) in [6, 6.07) is 5.36. The average Bonchev–Trinajstić information content (AvgIpc) is 3.01. The Labute approximate surface area is 178 Å². The third-order valence-electron chi connectivity index (χ3n) is 4.53. The van der Waals surface area contributed by atoms with Gasteiger partial charge in [0.1, 0.15) is 5.52 Å². The SMILES string of the molecule is CCCn1c(SCC(=O)Nc2cc(Cl)ccc2C)nc2c(C)nn(CC)c2c1=O. The highest BCUT2D eigenvalue weighted by atomic mass is 35.5. The van der Waals surface area contributed by atoms with Crippen molar-refractivity contribution in [2.75, 3.05) is 11.1 Å². The van der Waals surface area contributed by atoms with Gasteiger partial charge < -0.3 is 5.32 Å². The first-order valence-electron chi connectivity index (χ1n) is 9.52. The third-order valence-corrected chi connectivity index (χ3v) is 5.75. The van der Waals surface area contributed by atoms with Crippen LogP contribution in [0.15, 0.2) is 28.2 Å². The number of halogens is 1. The van der Waals surface area contributed by atoms with E-state index in [1.165, 1.54) is 11.8 Å². The van der Waals surface area contributed by atoms with Crippen molar-refractivity contribution in [3.05, 3.63) is 44.8 Å². The van der Waals surface area contributed by atoms with Crippen LogP contribution in [0.25, 0.3) is 11.0 Å². The van der Waals surface area contributed by atoms with Crippen LogP contribution in [0.1, 0.15) is 31.5 Å². The quantitative estimate of drug-likeness (QED) is 0.449. The standard InChI is InChI=1S/C20H24ClN5O2S/c1-5-9-25-19(28)18-17(13(4)24-26(18)6-2)23-20(25)29-11-16(27)22-15-10-14(21)8-7-12(15)3/h7-8,10H,5-6,9,11H2,1-4H3,(H,22,27). The lowest BCUT2D eigenvalue weighted by Crippen LogP contribution is -2.25. The van der Waals surface area contributed by atoms with Crippen LogP contribution in [-0.2, 0) is 17.9 Å². The molecule has 1 N–H and O–H groups in total. The number of carbonyl (C=O) groups excluding carboxylic acids is 1. The van der Waals surface area contributed by atoms with Crippen LogP contribution in [-0.4, -0.2) is 31.0 Å². The molecule has 0 radical (unpaired) electrons. The number of aromatic nitrogens is 4. The predicted octanol–water partition coefficient (Wildman–Crippen LogP) is 4.02. The van der Waals surface area contributed by atoms with Crippen molar-refractivity contribution in [1.82, 2.24) is 19.3 Å². The Morgan fingerprint density at radius 3 is 2.72 bits per heavy atom. The van der Waals surface area contributed by atoms with Crippen molar-refractivity contribution in [2.24, 2.45) is 0 Å². The summed E-state index contributed by atoms with van der Waals surface area (Å²) in [6.07, 6.45) is 0.786. The molecule has 0 spiro atoms. The van der Waals surface area contributed by atoms with Gasteiger partial charge in [-0.2, -0.15) is 5.10 Å². The molecule has 154 valence electrons. The Kier molecular flexibility index (Phi) is 6.64. The third kappa shape index (κ3) is 4.48. The monoisotopic (exact) mass is 433 g/mol. The second-order valence-electron chi connectivity index (χ2n) is 6.75. The van der Waals surface area contributed by atoms with Crippen LogP contribution in [0.4, 0.5) is 5.69 Å². The molecule has 1 amide bonds. The largest absolute Gasteiger partial charge is 0.325 e. The molecule has 0 bridgehead atoms. The first-order valence-corrected chi connectivity index (χ1v) is 10.9. The zero-order valence-electron chi connectivity index (χ0n) is 17.0. The first kappa shape index (κ1) is 21.4. The van der Waals surface area contributed by atoms with Gasteiger partial charge in [-0.05, 0) is 44.9 Å². The van der Waals surface area contributed by atoms with Crippen molar-refractivity contribution in [2.45, 2.75) is 52.4 Å². The van der Waals surface area contributed by atoms with Gasteiger partial charge in [-0.3, -0.25) is 18.8 Å². The number of nitrogens with one attached hydrogen (secondary N) is 1. The number of carbonyl (C=O) groups is 1. The first-order chi connectivity index (χ1) is 13.8. The molecule has 0 aliphatic carbocycles. The molecule has 0 atom stereocenters. The second kappa shape index (κ2) is 9.00. The van der Waals surface area contributed by atoms with Gasteiger partial charge in [0, 0.05) is 23.8 Å². The zero-order valence-corrected chi connectivity index (χ0v) is 18.5. The van der Waals surface area contributed by atoms with Crippen LogP contribution in [0, 0.1) is 13.8 Å². The lowest BCUT2D eigenvalue weighted by Gasteiger charge is -2.12. The molecule has 0 aliphatic heterocycles. The second-order valence-corrected chi connectivity index (χ2v) is 8.12. The van der Waals surface area contributed by atoms with E-state index in [0.29, 0.717) is 45.7 Å². The Morgan fingerprint density at radius 2 is 2.03 bits per heavy atom. The van der Waals surface area contributed by atoms with Crippen LogP contribution >= 0.6 is 23.4 Å². The maximum absolute atomic E-state index is 13.1. The minimum atomic E-state index is -0.182. The van der Waals surface area contributed by atoms with E-state index in [1.54, 1.807) is 21.4 Å². The Balaban J connectivity index is 1.88. The van der Waals surface area contributed by atoms with E-state index in [1.807, 2.05) is 33.8 Å². The van der Waals surface area contributed by atoms with Gasteiger partial charge in [0.15, 0.2) is 10.7 Å². The number of hydrogen-bond donors (Lipinski definition) is 1. The minimum absolute atomic E-state index is 0.118. The molecule has 29 heavy (non-hydrogen) atoms. The number of amides is 1. The fourth-order valence-corrected chi connectivity index (χ4v) is 4.08. The van der Waals surface area contributed by atoms with E-state index in [0.717, 1.165) is 12.0 Å². The minimum Gasteiger partial charge on any atom is -0.325 e. The highest BCUT2D eigenvalue weighted by Crippen LogP contribution is 2.23. The maximum atomic E-state index is 13.1.